The molecule has 0 aliphatic rings. The summed E-state index contributed by atoms with van der Waals surface area (Å²) >= 11 is 2.43. The topological polar surface area (TPSA) is 18.5 Å². The monoisotopic (exact) mass is 342 g/mol. The van der Waals surface area contributed by atoms with Crippen molar-refractivity contribution < 1.29 is 9.47 Å². The van der Waals surface area contributed by atoms with Gasteiger partial charge >= 0.3 is 0 Å². The average molecular weight is 342 g/mol. The summed E-state index contributed by atoms with van der Waals surface area (Å²) in [4.78, 5) is 0. The van der Waals surface area contributed by atoms with Gasteiger partial charge in [-0.2, -0.15) is 0 Å². The molecule has 0 spiro atoms. The maximum absolute atomic E-state index is 5.51. The maximum atomic E-state index is 5.51. The van der Waals surface area contributed by atoms with E-state index >= 15 is 0 Å². The molecule has 0 amide bonds. The Hall–Kier alpha value is 0.650. The van der Waals surface area contributed by atoms with E-state index in [4.69, 9.17) is 9.47 Å². The number of hydrogen-bond acceptors (Lipinski definition) is 2. The van der Waals surface area contributed by atoms with Crippen LogP contribution in [0.25, 0.3) is 0 Å². The molecule has 0 rings (SSSR count). The fourth-order valence-corrected chi connectivity index (χ4v) is 1.81. The van der Waals surface area contributed by atoms with Gasteiger partial charge in [-0.3, -0.25) is 0 Å². The largest absolute Gasteiger partial charge is 0.379 e. The average Bonchev–Trinajstić information content (AvgIpc) is 2.31. The van der Waals surface area contributed by atoms with Crippen molar-refractivity contribution in [3.63, 3.8) is 0 Å². The molecule has 0 aromatic rings. The molecule has 98 valence electrons. The minimum atomic E-state index is 0.674. The van der Waals surface area contributed by atoms with Gasteiger partial charge in [0.2, 0.25) is 0 Å². The van der Waals surface area contributed by atoms with Crippen molar-refractivity contribution in [2.75, 3.05) is 30.9 Å². The molecule has 0 fully saturated rings. The molecule has 16 heavy (non-hydrogen) atoms. The molecule has 0 aliphatic heterocycles. The molecule has 0 aromatic heterocycles. The number of alkyl halides is 1. The van der Waals surface area contributed by atoms with Crippen molar-refractivity contribution in [2.24, 2.45) is 5.92 Å². The maximum Gasteiger partial charge on any atom is 0.0700 e. The lowest BCUT2D eigenvalue weighted by atomic mass is 10.1. The van der Waals surface area contributed by atoms with Gasteiger partial charge in [0.1, 0.15) is 0 Å². The number of rotatable bonds is 12. The highest BCUT2D eigenvalue weighted by Gasteiger charge is 1.97. The molecular formula is C13H27IO2. The SMILES string of the molecule is CCC(C)COCCOCCCCCCI. The van der Waals surface area contributed by atoms with Crippen LogP contribution >= 0.6 is 22.6 Å². The van der Waals surface area contributed by atoms with Crippen molar-refractivity contribution in [3.8, 4) is 0 Å². The highest BCUT2D eigenvalue weighted by atomic mass is 127. The summed E-state index contributed by atoms with van der Waals surface area (Å²) in [5.41, 5.74) is 0. The Bertz CT molecular complexity index is 131. The zero-order valence-corrected chi connectivity index (χ0v) is 13.0. The van der Waals surface area contributed by atoms with Crippen molar-refractivity contribution in [1.82, 2.24) is 0 Å². The van der Waals surface area contributed by atoms with Crippen LogP contribution in [0.5, 0.6) is 0 Å². The molecule has 1 unspecified atom stereocenters. The molecular weight excluding hydrogens is 315 g/mol. The van der Waals surface area contributed by atoms with E-state index in [0.29, 0.717) is 5.92 Å². The first-order valence-corrected chi connectivity index (χ1v) is 8.05. The standard InChI is InChI=1S/C13H27IO2/c1-3-13(2)12-16-11-10-15-9-7-5-4-6-8-14/h13H,3-12H2,1-2H3. The highest BCUT2D eigenvalue weighted by Crippen LogP contribution is 2.02. The fraction of sp³-hybridized carbons (Fsp3) is 1.00. The first-order chi connectivity index (χ1) is 7.81. The van der Waals surface area contributed by atoms with Crippen LogP contribution in [0, 0.1) is 5.92 Å². The molecule has 0 aliphatic carbocycles. The predicted molar refractivity (Wildman–Crippen MR) is 78.4 cm³/mol. The van der Waals surface area contributed by atoms with Crippen molar-refractivity contribution in [1.29, 1.82) is 0 Å². The normalized spacial score (nSPS) is 12.9. The molecule has 0 radical (unpaired) electrons. The van der Waals surface area contributed by atoms with Crippen LogP contribution in [0.1, 0.15) is 46.0 Å². The number of hydrogen-bond donors (Lipinski definition) is 0. The Morgan fingerprint density at radius 3 is 2.31 bits per heavy atom. The third kappa shape index (κ3) is 12.7. The summed E-state index contributed by atoms with van der Waals surface area (Å²) in [5.74, 6) is 0.674. The summed E-state index contributed by atoms with van der Waals surface area (Å²) in [5, 5.41) is 0. The smallest absolute Gasteiger partial charge is 0.0700 e. The Morgan fingerprint density at radius 2 is 1.62 bits per heavy atom. The van der Waals surface area contributed by atoms with E-state index < -0.39 is 0 Å². The second kappa shape index (κ2) is 13.7. The van der Waals surface area contributed by atoms with E-state index in [2.05, 4.69) is 36.4 Å². The van der Waals surface area contributed by atoms with Crippen molar-refractivity contribution in [3.05, 3.63) is 0 Å². The Labute approximate surface area is 115 Å². The summed E-state index contributed by atoms with van der Waals surface area (Å²) in [7, 11) is 0. The minimum Gasteiger partial charge on any atom is -0.379 e. The van der Waals surface area contributed by atoms with E-state index in [1.807, 2.05) is 0 Å². The first kappa shape index (κ1) is 16.6. The summed E-state index contributed by atoms with van der Waals surface area (Å²) in [6.45, 7) is 7.68. The minimum absolute atomic E-state index is 0.674. The Kier molecular flexibility index (Phi) is 14.3. The molecule has 0 aromatic carbocycles. The van der Waals surface area contributed by atoms with E-state index in [1.54, 1.807) is 0 Å². The van der Waals surface area contributed by atoms with Crippen LogP contribution < -0.4 is 0 Å². The van der Waals surface area contributed by atoms with Gasteiger partial charge in [-0.25, -0.2) is 0 Å². The van der Waals surface area contributed by atoms with Crippen LogP contribution in [0.4, 0.5) is 0 Å². The van der Waals surface area contributed by atoms with E-state index in [1.165, 1.54) is 36.5 Å². The molecule has 1 atom stereocenters. The lowest BCUT2D eigenvalue weighted by molar-refractivity contribution is 0.0340. The summed E-state index contributed by atoms with van der Waals surface area (Å²) in [6.07, 6.45) is 6.38. The van der Waals surface area contributed by atoms with Crippen LogP contribution in [0.2, 0.25) is 0 Å². The van der Waals surface area contributed by atoms with Crippen LogP contribution in [-0.2, 0) is 9.47 Å². The molecule has 0 saturated carbocycles. The van der Waals surface area contributed by atoms with Crippen LogP contribution in [0.3, 0.4) is 0 Å². The highest BCUT2D eigenvalue weighted by molar-refractivity contribution is 14.1. The van der Waals surface area contributed by atoms with Gasteiger partial charge in [0.25, 0.3) is 0 Å². The molecule has 0 saturated heterocycles. The zero-order valence-electron chi connectivity index (χ0n) is 10.8. The Morgan fingerprint density at radius 1 is 0.938 bits per heavy atom. The lowest BCUT2D eigenvalue weighted by Crippen LogP contribution is -2.10. The van der Waals surface area contributed by atoms with E-state index in [9.17, 15) is 0 Å². The second-order valence-corrected chi connectivity index (χ2v) is 5.38. The third-order valence-corrected chi connectivity index (χ3v) is 3.41. The second-order valence-electron chi connectivity index (χ2n) is 4.30. The van der Waals surface area contributed by atoms with Gasteiger partial charge in [-0.05, 0) is 23.2 Å². The molecule has 0 N–H and O–H groups in total. The molecule has 3 heteroatoms. The van der Waals surface area contributed by atoms with Gasteiger partial charge in [-0.15, -0.1) is 0 Å². The number of halogens is 1. The van der Waals surface area contributed by atoms with Gasteiger partial charge in [0.15, 0.2) is 0 Å². The molecule has 2 nitrogen and oxygen atoms in total. The van der Waals surface area contributed by atoms with Crippen LogP contribution in [-0.4, -0.2) is 30.9 Å². The summed E-state index contributed by atoms with van der Waals surface area (Å²) < 4.78 is 12.3. The fourth-order valence-electron chi connectivity index (χ4n) is 1.27. The van der Waals surface area contributed by atoms with Crippen molar-refractivity contribution >= 4 is 22.6 Å². The van der Waals surface area contributed by atoms with Gasteiger partial charge in [-0.1, -0.05) is 55.7 Å². The van der Waals surface area contributed by atoms with E-state index in [0.717, 1.165) is 26.4 Å². The number of ether oxygens (including phenoxy) is 2. The molecule has 0 bridgehead atoms. The predicted octanol–water partition coefficient (Wildman–Crippen LogP) is 4.06. The Balaban J connectivity index is 2.93. The van der Waals surface area contributed by atoms with E-state index in [-0.39, 0.29) is 0 Å². The summed E-state index contributed by atoms with van der Waals surface area (Å²) in [6, 6.07) is 0. The zero-order chi connectivity index (χ0) is 12.1. The molecule has 0 heterocycles. The van der Waals surface area contributed by atoms with Crippen LogP contribution in [0.15, 0.2) is 0 Å². The third-order valence-electron chi connectivity index (χ3n) is 2.64. The lowest BCUT2D eigenvalue weighted by Gasteiger charge is -2.09. The quantitative estimate of drug-likeness (QED) is 0.302. The van der Waals surface area contributed by atoms with Gasteiger partial charge < -0.3 is 9.47 Å². The van der Waals surface area contributed by atoms with Gasteiger partial charge in [0, 0.05) is 13.2 Å². The van der Waals surface area contributed by atoms with Crippen molar-refractivity contribution in [2.45, 2.75) is 46.0 Å². The van der Waals surface area contributed by atoms with Gasteiger partial charge in [0.05, 0.1) is 13.2 Å². The first-order valence-electron chi connectivity index (χ1n) is 6.52. The number of unbranched alkanes of at least 4 members (excludes halogenated alkanes) is 3.